The largest absolute Gasteiger partial charge is 0.481 e. The Bertz CT molecular complexity index is 713. The van der Waals surface area contributed by atoms with Crippen LogP contribution in [0.15, 0.2) is 47.3 Å². The molecule has 0 spiro atoms. The Morgan fingerprint density at radius 1 is 1.32 bits per heavy atom. The molecule has 3 aromatic rings. The second-order valence-electron chi connectivity index (χ2n) is 4.23. The van der Waals surface area contributed by atoms with E-state index in [0.717, 1.165) is 22.4 Å². The Morgan fingerprint density at radius 2 is 2.16 bits per heavy atom. The van der Waals surface area contributed by atoms with E-state index >= 15 is 0 Å². The third kappa shape index (κ3) is 2.10. The summed E-state index contributed by atoms with van der Waals surface area (Å²) in [6.45, 7) is 0.385. The summed E-state index contributed by atoms with van der Waals surface area (Å²) in [5.41, 5.74) is 2.63. The van der Waals surface area contributed by atoms with Crippen LogP contribution in [-0.2, 0) is 11.3 Å². The highest BCUT2D eigenvalue weighted by Crippen LogP contribution is 2.25. The van der Waals surface area contributed by atoms with Gasteiger partial charge in [-0.2, -0.15) is 0 Å². The second kappa shape index (κ2) is 4.61. The van der Waals surface area contributed by atoms with Gasteiger partial charge in [-0.15, -0.1) is 0 Å². The maximum Gasteiger partial charge on any atom is 0.305 e. The first-order valence-corrected chi connectivity index (χ1v) is 5.95. The van der Waals surface area contributed by atoms with Crippen LogP contribution in [-0.4, -0.2) is 20.6 Å². The van der Waals surface area contributed by atoms with Crippen LogP contribution >= 0.6 is 0 Å². The standard InChI is InChI=1S/C14H12N2O3/c17-13(18)5-7-16-12-4-2-1-3-11(12)15-14(16)10-6-8-19-9-10/h1-4,6,8-9H,5,7H2,(H,17,18). The Balaban J connectivity index is 2.14. The molecule has 2 aromatic heterocycles. The van der Waals surface area contributed by atoms with E-state index in [1.54, 1.807) is 12.5 Å². The summed E-state index contributed by atoms with van der Waals surface area (Å²) in [4.78, 5) is 15.3. The Morgan fingerprint density at radius 3 is 2.89 bits per heavy atom. The van der Waals surface area contributed by atoms with Crippen LogP contribution in [0.25, 0.3) is 22.4 Å². The summed E-state index contributed by atoms with van der Waals surface area (Å²) < 4.78 is 6.99. The molecule has 0 bridgehead atoms. The monoisotopic (exact) mass is 256 g/mol. The van der Waals surface area contributed by atoms with E-state index in [0.29, 0.717) is 6.54 Å². The van der Waals surface area contributed by atoms with E-state index < -0.39 is 5.97 Å². The molecule has 0 radical (unpaired) electrons. The Kier molecular flexibility index (Phi) is 2.79. The summed E-state index contributed by atoms with van der Waals surface area (Å²) in [5.74, 6) is -0.0906. The SMILES string of the molecule is O=C(O)CCn1c(-c2ccoc2)nc2ccccc21. The number of fused-ring (bicyclic) bond motifs is 1. The van der Waals surface area contributed by atoms with Gasteiger partial charge in [-0.3, -0.25) is 4.79 Å². The maximum atomic E-state index is 10.8. The zero-order valence-corrected chi connectivity index (χ0v) is 10.1. The second-order valence-corrected chi connectivity index (χ2v) is 4.23. The molecule has 0 atom stereocenters. The molecule has 19 heavy (non-hydrogen) atoms. The molecule has 1 aromatic carbocycles. The van der Waals surface area contributed by atoms with Gasteiger partial charge in [0.25, 0.3) is 0 Å². The number of imidazole rings is 1. The van der Waals surface area contributed by atoms with Gasteiger partial charge < -0.3 is 14.1 Å². The van der Waals surface area contributed by atoms with Gasteiger partial charge in [0.05, 0.1) is 29.3 Å². The molecular formula is C14H12N2O3. The summed E-state index contributed by atoms with van der Waals surface area (Å²) in [5, 5.41) is 8.85. The molecule has 0 amide bonds. The van der Waals surface area contributed by atoms with Crippen molar-refractivity contribution in [1.29, 1.82) is 0 Å². The number of carboxylic acid groups (broad SMARTS) is 1. The zero-order chi connectivity index (χ0) is 13.2. The number of carbonyl (C=O) groups is 1. The van der Waals surface area contributed by atoms with Crippen molar-refractivity contribution in [1.82, 2.24) is 9.55 Å². The number of aromatic nitrogens is 2. The van der Waals surface area contributed by atoms with Gasteiger partial charge in [-0.1, -0.05) is 12.1 Å². The first kappa shape index (κ1) is 11.5. The van der Waals surface area contributed by atoms with Crippen LogP contribution in [0.2, 0.25) is 0 Å². The lowest BCUT2D eigenvalue weighted by Gasteiger charge is -2.05. The van der Waals surface area contributed by atoms with Gasteiger partial charge in [0.15, 0.2) is 0 Å². The summed E-state index contributed by atoms with van der Waals surface area (Å²) in [6, 6.07) is 9.50. The molecule has 96 valence electrons. The molecule has 0 fully saturated rings. The third-order valence-electron chi connectivity index (χ3n) is 2.98. The lowest BCUT2D eigenvalue weighted by Crippen LogP contribution is -2.05. The van der Waals surface area contributed by atoms with Gasteiger partial charge in [0.1, 0.15) is 12.1 Å². The predicted octanol–water partition coefficient (Wildman–Crippen LogP) is 2.77. The van der Waals surface area contributed by atoms with Gasteiger partial charge in [-0.05, 0) is 18.2 Å². The number of nitrogens with zero attached hydrogens (tertiary/aromatic N) is 2. The van der Waals surface area contributed by atoms with Gasteiger partial charge >= 0.3 is 5.97 Å². The number of rotatable bonds is 4. The van der Waals surface area contributed by atoms with E-state index in [2.05, 4.69) is 4.98 Å². The molecule has 5 heteroatoms. The molecule has 0 unspecified atom stereocenters. The van der Waals surface area contributed by atoms with Crippen LogP contribution in [0.5, 0.6) is 0 Å². The van der Waals surface area contributed by atoms with Crippen molar-refractivity contribution >= 4 is 17.0 Å². The van der Waals surface area contributed by atoms with Crippen molar-refractivity contribution in [3.8, 4) is 11.4 Å². The zero-order valence-electron chi connectivity index (χ0n) is 10.1. The van der Waals surface area contributed by atoms with Crippen LogP contribution in [0.1, 0.15) is 6.42 Å². The molecule has 0 aliphatic rings. The fourth-order valence-corrected chi connectivity index (χ4v) is 2.12. The lowest BCUT2D eigenvalue weighted by molar-refractivity contribution is -0.137. The number of hydrogen-bond donors (Lipinski definition) is 1. The van der Waals surface area contributed by atoms with Crippen LogP contribution < -0.4 is 0 Å². The van der Waals surface area contributed by atoms with Gasteiger partial charge in [0.2, 0.25) is 0 Å². The minimum absolute atomic E-state index is 0.0607. The number of aliphatic carboxylic acids is 1. The van der Waals surface area contributed by atoms with Crippen LogP contribution in [0.4, 0.5) is 0 Å². The van der Waals surface area contributed by atoms with E-state index in [1.165, 1.54) is 0 Å². The molecule has 1 N–H and O–H groups in total. The fourth-order valence-electron chi connectivity index (χ4n) is 2.12. The Hall–Kier alpha value is -2.56. The summed E-state index contributed by atoms with van der Waals surface area (Å²) in [7, 11) is 0. The van der Waals surface area contributed by atoms with Crippen molar-refractivity contribution < 1.29 is 14.3 Å². The molecule has 0 saturated carbocycles. The highest BCUT2D eigenvalue weighted by Gasteiger charge is 2.13. The molecular weight excluding hydrogens is 244 g/mol. The number of carboxylic acids is 1. The normalized spacial score (nSPS) is 10.9. The molecule has 0 aliphatic carbocycles. The molecule has 0 saturated heterocycles. The van der Waals surface area contributed by atoms with E-state index in [4.69, 9.17) is 9.52 Å². The molecule has 2 heterocycles. The lowest BCUT2D eigenvalue weighted by atomic mass is 10.3. The van der Waals surface area contributed by atoms with Gasteiger partial charge in [-0.25, -0.2) is 4.98 Å². The minimum Gasteiger partial charge on any atom is -0.481 e. The van der Waals surface area contributed by atoms with Crippen molar-refractivity contribution in [3.05, 3.63) is 42.9 Å². The number of furan rings is 1. The van der Waals surface area contributed by atoms with Crippen LogP contribution in [0, 0.1) is 0 Å². The first-order chi connectivity index (χ1) is 9.25. The molecule has 3 rings (SSSR count). The van der Waals surface area contributed by atoms with E-state index in [1.807, 2.05) is 34.9 Å². The quantitative estimate of drug-likeness (QED) is 0.779. The topological polar surface area (TPSA) is 68.3 Å². The molecule has 0 aliphatic heterocycles. The van der Waals surface area contributed by atoms with Crippen molar-refractivity contribution in [2.75, 3.05) is 0 Å². The maximum absolute atomic E-state index is 10.8. The van der Waals surface area contributed by atoms with Crippen LogP contribution in [0.3, 0.4) is 0 Å². The highest BCUT2D eigenvalue weighted by molar-refractivity contribution is 5.80. The summed E-state index contributed by atoms with van der Waals surface area (Å²) in [6.07, 6.45) is 3.25. The number of para-hydroxylation sites is 2. The number of benzene rings is 1. The smallest absolute Gasteiger partial charge is 0.305 e. The molecule has 5 nitrogen and oxygen atoms in total. The van der Waals surface area contributed by atoms with Crippen molar-refractivity contribution in [2.45, 2.75) is 13.0 Å². The highest BCUT2D eigenvalue weighted by atomic mass is 16.4. The van der Waals surface area contributed by atoms with Crippen molar-refractivity contribution in [2.24, 2.45) is 0 Å². The predicted molar refractivity (Wildman–Crippen MR) is 69.7 cm³/mol. The van der Waals surface area contributed by atoms with Gasteiger partial charge in [0, 0.05) is 6.54 Å². The number of aryl methyl sites for hydroxylation is 1. The fraction of sp³-hybridized carbons (Fsp3) is 0.143. The van der Waals surface area contributed by atoms with Crippen molar-refractivity contribution in [3.63, 3.8) is 0 Å². The minimum atomic E-state index is -0.823. The average molecular weight is 256 g/mol. The van der Waals surface area contributed by atoms with E-state index in [9.17, 15) is 4.79 Å². The summed E-state index contributed by atoms with van der Waals surface area (Å²) >= 11 is 0. The van der Waals surface area contributed by atoms with E-state index in [-0.39, 0.29) is 6.42 Å². The first-order valence-electron chi connectivity index (χ1n) is 5.95. The Labute approximate surface area is 109 Å². The number of hydrogen-bond acceptors (Lipinski definition) is 3. The average Bonchev–Trinajstić information content (AvgIpc) is 3.03. The third-order valence-corrected chi connectivity index (χ3v) is 2.98.